The van der Waals surface area contributed by atoms with Crippen molar-refractivity contribution in [2.75, 3.05) is 26.4 Å². The first-order valence-corrected chi connectivity index (χ1v) is 9.75. The van der Waals surface area contributed by atoms with Crippen molar-refractivity contribution in [2.45, 2.75) is 20.3 Å². The number of carbonyl (C=O) groups excluding carboxylic acids is 1. The van der Waals surface area contributed by atoms with Crippen LogP contribution in [0.1, 0.15) is 25.0 Å². The van der Waals surface area contributed by atoms with Gasteiger partial charge in [0.05, 0.1) is 19.8 Å². The van der Waals surface area contributed by atoms with Gasteiger partial charge in [-0.1, -0.05) is 24.3 Å². The quantitative estimate of drug-likeness (QED) is 0.706. The Kier molecular flexibility index (Phi) is 6.95. The average Bonchev–Trinajstić information content (AvgIpc) is 2.72. The van der Waals surface area contributed by atoms with Crippen molar-refractivity contribution in [1.29, 1.82) is 0 Å². The van der Waals surface area contributed by atoms with Gasteiger partial charge in [0.1, 0.15) is 5.75 Å². The number of nitrogens with one attached hydrogen (secondary N) is 1. The lowest BCUT2D eigenvalue weighted by molar-refractivity contribution is -0.116. The van der Waals surface area contributed by atoms with Crippen molar-refractivity contribution in [1.82, 2.24) is 5.32 Å². The number of hydrogen-bond acceptors (Lipinski definition) is 4. The summed E-state index contributed by atoms with van der Waals surface area (Å²) in [5.74, 6) is 2.51. The van der Waals surface area contributed by atoms with Crippen LogP contribution in [0.5, 0.6) is 17.2 Å². The molecule has 1 heterocycles. The minimum absolute atomic E-state index is 0.120. The average molecular weight is 381 g/mol. The van der Waals surface area contributed by atoms with E-state index < -0.39 is 0 Å². The molecule has 0 aromatic heterocycles. The van der Waals surface area contributed by atoms with Gasteiger partial charge in [0.15, 0.2) is 11.5 Å². The Labute approximate surface area is 166 Å². The fourth-order valence-corrected chi connectivity index (χ4v) is 3.17. The molecule has 3 rings (SSSR count). The Hall–Kier alpha value is -2.95. The van der Waals surface area contributed by atoms with Gasteiger partial charge in [-0.15, -0.1) is 0 Å². The van der Waals surface area contributed by atoms with Crippen molar-refractivity contribution < 1.29 is 19.0 Å². The summed E-state index contributed by atoms with van der Waals surface area (Å²) >= 11 is 0. The number of rotatable bonds is 8. The molecule has 1 amide bonds. The van der Waals surface area contributed by atoms with Gasteiger partial charge in [0.25, 0.3) is 0 Å². The first kappa shape index (κ1) is 19.8. The van der Waals surface area contributed by atoms with Gasteiger partial charge in [-0.05, 0) is 55.7 Å². The highest BCUT2D eigenvalue weighted by molar-refractivity contribution is 5.91. The lowest BCUT2D eigenvalue weighted by atomic mass is 9.97. The Morgan fingerprint density at radius 1 is 1.14 bits per heavy atom. The molecule has 5 nitrogen and oxygen atoms in total. The van der Waals surface area contributed by atoms with E-state index in [1.807, 2.05) is 50.2 Å². The molecule has 1 aliphatic heterocycles. The number of carbonyl (C=O) groups is 1. The highest BCUT2D eigenvalue weighted by atomic mass is 16.5. The van der Waals surface area contributed by atoms with Gasteiger partial charge in [-0.3, -0.25) is 4.79 Å². The molecule has 5 heteroatoms. The van der Waals surface area contributed by atoms with E-state index in [0.717, 1.165) is 17.7 Å². The van der Waals surface area contributed by atoms with E-state index in [0.29, 0.717) is 37.9 Å². The topological polar surface area (TPSA) is 56.8 Å². The van der Waals surface area contributed by atoms with Crippen molar-refractivity contribution in [2.24, 2.45) is 5.92 Å². The Morgan fingerprint density at radius 2 is 1.93 bits per heavy atom. The van der Waals surface area contributed by atoms with Crippen molar-refractivity contribution in [3.8, 4) is 17.2 Å². The van der Waals surface area contributed by atoms with Crippen molar-refractivity contribution >= 4 is 12.0 Å². The summed E-state index contributed by atoms with van der Waals surface area (Å²) in [4.78, 5) is 12.2. The van der Waals surface area contributed by atoms with Crippen molar-refractivity contribution in [3.63, 3.8) is 0 Å². The van der Waals surface area contributed by atoms with Gasteiger partial charge in [0.2, 0.25) is 5.91 Å². The third-order valence-corrected chi connectivity index (χ3v) is 4.52. The summed E-state index contributed by atoms with van der Waals surface area (Å²) in [6.45, 7) is 6.21. The number of benzene rings is 2. The number of para-hydroxylation sites is 1. The predicted molar refractivity (Wildman–Crippen MR) is 110 cm³/mol. The van der Waals surface area contributed by atoms with Crippen LogP contribution in [0.15, 0.2) is 48.5 Å². The van der Waals surface area contributed by atoms with E-state index in [1.54, 1.807) is 12.2 Å². The highest BCUT2D eigenvalue weighted by Crippen LogP contribution is 2.29. The summed E-state index contributed by atoms with van der Waals surface area (Å²) < 4.78 is 16.9. The summed E-state index contributed by atoms with van der Waals surface area (Å²) in [5.41, 5.74) is 2.08. The van der Waals surface area contributed by atoms with E-state index in [2.05, 4.69) is 11.4 Å². The molecule has 2 aromatic carbocycles. The maximum Gasteiger partial charge on any atom is 0.244 e. The van der Waals surface area contributed by atoms with Crippen LogP contribution in [-0.4, -0.2) is 32.3 Å². The lowest BCUT2D eigenvalue weighted by Gasteiger charge is -2.25. The second-order valence-electron chi connectivity index (χ2n) is 6.64. The number of amides is 1. The van der Waals surface area contributed by atoms with Gasteiger partial charge in [0, 0.05) is 18.5 Å². The van der Waals surface area contributed by atoms with Crippen LogP contribution in [0.3, 0.4) is 0 Å². The maximum absolute atomic E-state index is 12.2. The molecule has 0 spiro atoms. The first-order chi connectivity index (χ1) is 13.7. The summed E-state index contributed by atoms with van der Waals surface area (Å²) in [6, 6.07) is 13.7. The molecular formula is C23H27NO4. The molecule has 0 fully saturated rings. The third-order valence-electron chi connectivity index (χ3n) is 4.52. The van der Waals surface area contributed by atoms with Crippen LogP contribution >= 0.6 is 0 Å². The molecule has 1 N–H and O–H groups in total. The van der Waals surface area contributed by atoms with Crippen LogP contribution in [0.2, 0.25) is 0 Å². The Morgan fingerprint density at radius 3 is 2.75 bits per heavy atom. The molecule has 0 saturated heterocycles. The lowest BCUT2D eigenvalue weighted by Crippen LogP contribution is -2.33. The number of hydrogen-bond donors (Lipinski definition) is 1. The van der Waals surface area contributed by atoms with Crippen LogP contribution in [0.25, 0.3) is 6.08 Å². The third kappa shape index (κ3) is 5.28. The molecule has 148 valence electrons. The number of ether oxygens (including phenoxy) is 3. The van der Waals surface area contributed by atoms with Gasteiger partial charge >= 0.3 is 0 Å². The zero-order valence-electron chi connectivity index (χ0n) is 16.4. The van der Waals surface area contributed by atoms with E-state index in [1.165, 1.54) is 5.56 Å². The largest absolute Gasteiger partial charge is 0.493 e. The highest BCUT2D eigenvalue weighted by Gasteiger charge is 2.19. The zero-order chi connectivity index (χ0) is 19.8. The molecule has 0 saturated carbocycles. The smallest absolute Gasteiger partial charge is 0.244 e. The Balaban J connectivity index is 1.53. The van der Waals surface area contributed by atoms with Crippen LogP contribution in [0.4, 0.5) is 0 Å². The molecule has 28 heavy (non-hydrogen) atoms. The molecule has 0 bridgehead atoms. The van der Waals surface area contributed by atoms with Gasteiger partial charge in [-0.2, -0.15) is 0 Å². The monoisotopic (exact) mass is 381 g/mol. The van der Waals surface area contributed by atoms with E-state index >= 15 is 0 Å². The molecule has 0 radical (unpaired) electrons. The minimum Gasteiger partial charge on any atom is -0.493 e. The van der Waals surface area contributed by atoms with Gasteiger partial charge in [-0.25, -0.2) is 0 Å². The summed E-state index contributed by atoms with van der Waals surface area (Å²) in [7, 11) is 0. The fraction of sp³-hybridized carbons (Fsp3) is 0.348. The van der Waals surface area contributed by atoms with E-state index in [4.69, 9.17) is 14.2 Å². The van der Waals surface area contributed by atoms with Crippen molar-refractivity contribution in [3.05, 3.63) is 59.7 Å². The second kappa shape index (κ2) is 9.83. The molecule has 0 aliphatic carbocycles. The van der Waals surface area contributed by atoms with Crippen LogP contribution in [0, 0.1) is 5.92 Å². The summed E-state index contributed by atoms with van der Waals surface area (Å²) in [6.07, 6.45) is 4.24. The number of fused-ring (bicyclic) bond motifs is 1. The molecular weight excluding hydrogens is 354 g/mol. The van der Waals surface area contributed by atoms with Gasteiger partial charge < -0.3 is 19.5 Å². The normalized spacial score (nSPS) is 15.6. The standard InChI is InChI=1S/C23H27NO4/c1-3-26-21-11-9-17(14-22(21)27-4-2)10-12-23(25)24-15-18-13-19-7-5-6-8-20(19)28-16-18/h5-12,14,18H,3-4,13,15-16H2,1-2H3,(H,24,25)/b12-10+. The summed E-state index contributed by atoms with van der Waals surface area (Å²) in [5, 5.41) is 2.96. The van der Waals surface area contributed by atoms with Crippen LogP contribution in [-0.2, 0) is 11.2 Å². The first-order valence-electron chi connectivity index (χ1n) is 9.75. The second-order valence-corrected chi connectivity index (χ2v) is 6.64. The predicted octanol–water partition coefficient (Wildman–Crippen LogP) is 3.86. The SMILES string of the molecule is CCOc1ccc(/C=C/C(=O)NCC2COc3ccccc3C2)cc1OCC. The van der Waals surface area contributed by atoms with E-state index in [-0.39, 0.29) is 11.8 Å². The molecule has 2 aromatic rings. The Bertz CT molecular complexity index is 831. The van der Waals surface area contributed by atoms with Crippen LogP contribution < -0.4 is 19.5 Å². The molecule has 1 unspecified atom stereocenters. The zero-order valence-corrected chi connectivity index (χ0v) is 16.4. The minimum atomic E-state index is -0.120. The fourth-order valence-electron chi connectivity index (χ4n) is 3.17. The molecule has 1 aliphatic rings. The maximum atomic E-state index is 12.2. The van der Waals surface area contributed by atoms with E-state index in [9.17, 15) is 4.79 Å². The molecule has 1 atom stereocenters.